The zero-order valence-electron chi connectivity index (χ0n) is 21.3. The molecule has 8 nitrogen and oxygen atoms in total. The maximum atomic E-state index is 13.3. The fourth-order valence-electron chi connectivity index (χ4n) is 4.40. The molecule has 2 aliphatic heterocycles. The summed E-state index contributed by atoms with van der Waals surface area (Å²) < 4.78 is 17.1. The van der Waals surface area contributed by atoms with Crippen molar-refractivity contribution in [3.63, 3.8) is 0 Å². The number of likely N-dealkylation sites (tertiary alicyclic amines) is 1. The summed E-state index contributed by atoms with van der Waals surface area (Å²) in [4.78, 5) is 30.1. The second-order valence-corrected chi connectivity index (χ2v) is 9.79. The number of aliphatic hydroxyl groups excluding tert-OH is 1. The Bertz CT molecular complexity index is 1160. The van der Waals surface area contributed by atoms with Gasteiger partial charge in [0.1, 0.15) is 24.7 Å². The first-order valence-electron chi connectivity index (χ1n) is 12.3. The molecule has 0 saturated carbocycles. The topological polar surface area (TPSA) is 88.5 Å². The number of ketones is 1. The van der Waals surface area contributed by atoms with E-state index in [0.29, 0.717) is 67.1 Å². The van der Waals surface area contributed by atoms with Crippen molar-refractivity contribution in [3.05, 3.63) is 59.2 Å². The monoisotopic (exact) mass is 494 g/mol. The average Bonchev–Trinajstić information content (AvgIpc) is 3.11. The van der Waals surface area contributed by atoms with Gasteiger partial charge in [-0.05, 0) is 68.9 Å². The number of ether oxygens (including phenoxy) is 3. The van der Waals surface area contributed by atoms with Crippen molar-refractivity contribution in [1.82, 2.24) is 9.80 Å². The summed E-state index contributed by atoms with van der Waals surface area (Å²) in [6, 6.07) is 11.7. The number of carbonyl (C=O) groups is 2. The minimum atomic E-state index is -0.733. The molecule has 1 unspecified atom stereocenters. The highest BCUT2D eigenvalue weighted by Crippen LogP contribution is 2.41. The Morgan fingerprint density at radius 3 is 2.58 bits per heavy atom. The lowest BCUT2D eigenvalue weighted by Gasteiger charge is -2.26. The molecule has 36 heavy (non-hydrogen) atoms. The molecule has 2 heterocycles. The summed E-state index contributed by atoms with van der Waals surface area (Å²) in [6.07, 6.45) is 0.685. The second kappa shape index (κ2) is 11.0. The molecular weight excluding hydrogens is 460 g/mol. The lowest BCUT2D eigenvalue weighted by Crippen LogP contribution is -2.32. The highest BCUT2D eigenvalue weighted by atomic mass is 16.6. The molecule has 2 aromatic rings. The van der Waals surface area contributed by atoms with Gasteiger partial charge in [-0.3, -0.25) is 9.59 Å². The number of Topliss-reactive ketones (excluding diaryl/α,β-unsaturated/α-hetero) is 1. The predicted molar refractivity (Wildman–Crippen MR) is 136 cm³/mol. The maximum Gasteiger partial charge on any atom is 0.295 e. The van der Waals surface area contributed by atoms with E-state index in [0.717, 1.165) is 6.54 Å². The van der Waals surface area contributed by atoms with Gasteiger partial charge in [-0.25, -0.2) is 0 Å². The van der Waals surface area contributed by atoms with Crippen molar-refractivity contribution in [2.75, 3.05) is 47.0 Å². The van der Waals surface area contributed by atoms with Gasteiger partial charge in [-0.15, -0.1) is 0 Å². The van der Waals surface area contributed by atoms with E-state index in [1.165, 1.54) is 0 Å². The SMILES string of the molecule is CC(C)COc1cccc(C2/C(=C(/O)c3ccc4c(c3)OCCO4)C(=O)C(=O)N2CCCN(C)C)c1. The fourth-order valence-corrected chi connectivity index (χ4v) is 4.40. The van der Waals surface area contributed by atoms with E-state index in [2.05, 4.69) is 13.8 Å². The predicted octanol–water partition coefficient (Wildman–Crippen LogP) is 3.87. The lowest BCUT2D eigenvalue weighted by atomic mass is 9.95. The number of nitrogens with zero attached hydrogens (tertiary/aromatic N) is 2. The lowest BCUT2D eigenvalue weighted by molar-refractivity contribution is -0.139. The molecule has 8 heteroatoms. The minimum absolute atomic E-state index is 0.0579. The van der Waals surface area contributed by atoms with Crippen LogP contribution < -0.4 is 14.2 Å². The number of rotatable bonds is 9. The number of hydrogen-bond acceptors (Lipinski definition) is 7. The second-order valence-electron chi connectivity index (χ2n) is 9.79. The first-order valence-corrected chi connectivity index (χ1v) is 12.3. The molecule has 4 rings (SSSR count). The molecule has 1 amide bonds. The van der Waals surface area contributed by atoms with E-state index in [9.17, 15) is 14.7 Å². The van der Waals surface area contributed by atoms with Crippen molar-refractivity contribution < 1.29 is 28.9 Å². The van der Waals surface area contributed by atoms with Crippen LogP contribution in [0.3, 0.4) is 0 Å². The zero-order chi connectivity index (χ0) is 25.8. The Morgan fingerprint density at radius 1 is 1.11 bits per heavy atom. The summed E-state index contributed by atoms with van der Waals surface area (Å²) in [5, 5.41) is 11.4. The van der Waals surface area contributed by atoms with E-state index in [1.54, 1.807) is 23.1 Å². The van der Waals surface area contributed by atoms with E-state index in [1.807, 2.05) is 43.3 Å². The maximum absolute atomic E-state index is 13.3. The Morgan fingerprint density at radius 2 is 1.86 bits per heavy atom. The number of hydrogen-bond donors (Lipinski definition) is 1. The fraction of sp³-hybridized carbons (Fsp3) is 0.429. The molecule has 0 radical (unpaired) electrons. The summed E-state index contributed by atoms with van der Waals surface area (Å²) in [7, 11) is 3.92. The van der Waals surface area contributed by atoms with Crippen LogP contribution in [0.1, 0.15) is 37.4 Å². The minimum Gasteiger partial charge on any atom is -0.507 e. The van der Waals surface area contributed by atoms with Crippen LogP contribution in [0.25, 0.3) is 5.76 Å². The van der Waals surface area contributed by atoms with Crippen molar-refractivity contribution in [2.24, 2.45) is 5.92 Å². The van der Waals surface area contributed by atoms with Crippen molar-refractivity contribution >= 4 is 17.4 Å². The van der Waals surface area contributed by atoms with Crippen LogP contribution in [0.4, 0.5) is 0 Å². The molecule has 0 bridgehead atoms. The third-order valence-corrected chi connectivity index (χ3v) is 6.12. The molecule has 2 aliphatic rings. The highest BCUT2D eigenvalue weighted by Gasteiger charge is 2.46. The summed E-state index contributed by atoms with van der Waals surface area (Å²) in [5.41, 5.74) is 1.16. The summed E-state index contributed by atoms with van der Waals surface area (Å²) >= 11 is 0. The van der Waals surface area contributed by atoms with Crippen LogP contribution in [0.15, 0.2) is 48.0 Å². The average molecular weight is 495 g/mol. The van der Waals surface area contributed by atoms with E-state index in [-0.39, 0.29) is 11.3 Å². The number of fused-ring (bicyclic) bond motifs is 1. The third-order valence-electron chi connectivity index (χ3n) is 6.12. The van der Waals surface area contributed by atoms with Crippen LogP contribution in [-0.2, 0) is 9.59 Å². The molecule has 0 aliphatic carbocycles. The first kappa shape index (κ1) is 25.6. The van der Waals surface area contributed by atoms with Crippen LogP contribution in [-0.4, -0.2) is 73.6 Å². The molecule has 1 saturated heterocycles. The Balaban J connectivity index is 1.76. The number of carbonyl (C=O) groups excluding carboxylic acids is 2. The largest absolute Gasteiger partial charge is 0.507 e. The normalized spacial score (nSPS) is 18.8. The third kappa shape index (κ3) is 5.49. The Labute approximate surface area is 212 Å². The van der Waals surface area contributed by atoms with Gasteiger partial charge >= 0.3 is 0 Å². The smallest absolute Gasteiger partial charge is 0.295 e. The Kier molecular flexibility index (Phi) is 7.84. The molecule has 192 valence electrons. The quantitative estimate of drug-likeness (QED) is 0.322. The van der Waals surface area contributed by atoms with E-state index < -0.39 is 17.7 Å². The molecule has 1 fully saturated rings. The van der Waals surface area contributed by atoms with E-state index >= 15 is 0 Å². The van der Waals surface area contributed by atoms with Crippen LogP contribution in [0.2, 0.25) is 0 Å². The standard InChI is InChI=1S/C28H34N2O6/c1-18(2)17-36-21-8-5-7-19(15-21)25-24(27(32)28(33)30(25)12-6-11-29(3)4)26(31)20-9-10-22-23(16-20)35-14-13-34-22/h5,7-10,15-16,18,25,31H,6,11-14,17H2,1-4H3/b26-24-. The zero-order valence-corrected chi connectivity index (χ0v) is 21.3. The molecule has 0 aromatic heterocycles. The van der Waals surface area contributed by atoms with Crippen LogP contribution in [0, 0.1) is 5.92 Å². The van der Waals surface area contributed by atoms with Gasteiger partial charge in [0, 0.05) is 12.1 Å². The van der Waals surface area contributed by atoms with Crippen molar-refractivity contribution in [1.29, 1.82) is 0 Å². The van der Waals surface area contributed by atoms with Crippen molar-refractivity contribution in [2.45, 2.75) is 26.3 Å². The van der Waals surface area contributed by atoms with Gasteiger partial charge in [0.15, 0.2) is 11.5 Å². The molecule has 2 aromatic carbocycles. The first-order chi connectivity index (χ1) is 17.3. The van der Waals surface area contributed by atoms with Crippen molar-refractivity contribution in [3.8, 4) is 17.2 Å². The molecule has 1 atom stereocenters. The Hall–Kier alpha value is -3.52. The molecule has 1 N–H and O–H groups in total. The van der Waals surface area contributed by atoms with Gasteiger partial charge in [0.25, 0.3) is 11.7 Å². The van der Waals surface area contributed by atoms with Gasteiger partial charge in [0.2, 0.25) is 0 Å². The number of amides is 1. The van der Waals surface area contributed by atoms with Crippen LogP contribution in [0.5, 0.6) is 17.2 Å². The number of aliphatic hydroxyl groups is 1. The van der Waals surface area contributed by atoms with Crippen LogP contribution >= 0.6 is 0 Å². The number of benzene rings is 2. The van der Waals surface area contributed by atoms with Gasteiger partial charge in [0.05, 0.1) is 18.2 Å². The van der Waals surface area contributed by atoms with E-state index in [4.69, 9.17) is 14.2 Å². The van der Waals surface area contributed by atoms with Gasteiger partial charge < -0.3 is 29.1 Å². The summed E-state index contributed by atoms with van der Waals surface area (Å²) in [6.45, 7) is 6.66. The molecular formula is C28H34N2O6. The molecule has 0 spiro atoms. The summed E-state index contributed by atoms with van der Waals surface area (Å²) in [5.74, 6) is 0.510. The van der Waals surface area contributed by atoms with Gasteiger partial charge in [-0.1, -0.05) is 26.0 Å². The highest BCUT2D eigenvalue weighted by molar-refractivity contribution is 6.46. The van der Waals surface area contributed by atoms with Gasteiger partial charge in [-0.2, -0.15) is 0 Å².